The van der Waals surface area contributed by atoms with E-state index >= 15 is 0 Å². The van der Waals surface area contributed by atoms with Crippen LogP contribution >= 0.6 is 0 Å². The molecule has 26 heavy (non-hydrogen) atoms. The van der Waals surface area contributed by atoms with Gasteiger partial charge in [0.25, 0.3) is 0 Å². The van der Waals surface area contributed by atoms with E-state index in [1.807, 2.05) is 9.58 Å². The highest BCUT2D eigenvalue weighted by molar-refractivity contribution is 5.78. The van der Waals surface area contributed by atoms with Gasteiger partial charge >= 0.3 is 0 Å². The van der Waals surface area contributed by atoms with Gasteiger partial charge < -0.3 is 9.80 Å². The van der Waals surface area contributed by atoms with Crippen molar-refractivity contribution in [1.82, 2.24) is 34.5 Å². The van der Waals surface area contributed by atoms with Crippen molar-refractivity contribution >= 4 is 11.7 Å². The van der Waals surface area contributed by atoms with Gasteiger partial charge in [0.2, 0.25) is 5.91 Å². The highest BCUT2D eigenvalue weighted by Gasteiger charge is 2.29. The van der Waals surface area contributed by atoms with Crippen LogP contribution < -0.4 is 4.90 Å². The molecule has 9 nitrogen and oxygen atoms in total. The molecule has 1 atom stereocenters. The molecule has 2 fully saturated rings. The summed E-state index contributed by atoms with van der Waals surface area (Å²) >= 11 is 0. The molecular formula is C17H24N8O. The first-order valence-electron chi connectivity index (χ1n) is 9.15. The molecule has 2 aliphatic rings. The Kier molecular flexibility index (Phi) is 5.05. The summed E-state index contributed by atoms with van der Waals surface area (Å²) in [5, 5.41) is 4.19. The standard InChI is InChI=1S/C17H24N8O/c26-17(12-24-5-1-2-15(24)11-25-14-19-13-21-25)23-8-6-22(7-9-23)16-10-18-3-4-20-16/h3-4,10,13-15H,1-2,5-9,11-12H2. The largest absolute Gasteiger partial charge is 0.352 e. The lowest BCUT2D eigenvalue weighted by Crippen LogP contribution is -2.52. The Morgan fingerprint density at radius 3 is 2.73 bits per heavy atom. The first-order valence-corrected chi connectivity index (χ1v) is 9.15. The molecule has 2 saturated heterocycles. The number of hydrogen-bond acceptors (Lipinski definition) is 7. The van der Waals surface area contributed by atoms with E-state index in [9.17, 15) is 4.79 Å². The summed E-state index contributed by atoms with van der Waals surface area (Å²) < 4.78 is 1.85. The summed E-state index contributed by atoms with van der Waals surface area (Å²) in [7, 11) is 0. The summed E-state index contributed by atoms with van der Waals surface area (Å²) in [5.74, 6) is 1.10. The number of carbonyl (C=O) groups is 1. The van der Waals surface area contributed by atoms with Crippen molar-refractivity contribution in [2.45, 2.75) is 25.4 Å². The molecule has 2 aliphatic heterocycles. The molecule has 1 amide bonds. The van der Waals surface area contributed by atoms with Crippen LogP contribution in [-0.2, 0) is 11.3 Å². The van der Waals surface area contributed by atoms with Gasteiger partial charge in [-0.1, -0.05) is 0 Å². The van der Waals surface area contributed by atoms with E-state index in [-0.39, 0.29) is 5.91 Å². The van der Waals surface area contributed by atoms with Crippen molar-refractivity contribution in [3.05, 3.63) is 31.2 Å². The van der Waals surface area contributed by atoms with Crippen LogP contribution in [0.25, 0.3) is 0 Å². The van der Waals surface area contributed by atoms with Crippen LogP contribution in [-0.4, -0.2) is 85.7 Å². The van der Waals surface area contributed by atoms with E-state index in [1.165, 1.54) is 0 Å². The van der Waals surface area contributed by atoms with E-state index in [1.54, 1.807) is 31.2 Å². The molecule has 0 N–H and O–H groups in total. The van der Waals surface area contributed by atoms with E-state index in [0.717, 1.165) is 57.9 Å². The van der Waals surface area contributed by atoms with E-state index in [4.69, 9.17) is 0 Å². The van der Waals surface area contributed by atoms with Gasteiger partial charge in [-0.2, -0.15) is 5.10 Å². The Bertz CT molecular complexity index is 699. The van der Waals surface area contributed by atoms with Crippen molar-refractivity contribution in [3.63, 3.8) is 0 Å². The predicted octanol–water partition coefficient (Wildman–Crippen LogP) is -0.119. The molecule has 4 heterocycles. The van der Waals surface area contributed by atoms with Crippen molar-refractivity contribution in [1.29, 1.82) is 0 Å². The SMILES string of the molecule is O=C(CN1CCCC1Cn1cncn1)N1CCN(c2cnccn2)CC1. The van der Waals surface area contributed by atoms with Gasteiger partial charge in [0.05, 0.1) is 19.3 Å². The van der Waals surface area contributed by atoms with Crippen LogP contribution in [0.5, 0.6) is 0 Å². The molecule has 0 spiro atoms. The maximum absolute atomic E-state index is 12.7. The Morgan fingerprint density at radius 2 is 2.00 bits per heavy atom. The number of hydrogen-bond donors (Lipinski definition) is 0. The highest BCUT2D eigenvalue weighted by atomic mass is 16.2. The minimum absolute atomic E-state index is 0.217. The minimum atomic E-state index is 0.217. The van der Waals surface area contributed by atoms with Gasteiger partial charge in [0, 0.05) is 44.6 Å². The second-order valence-electron chi connectivity index (χ2n) is 6.82. The van der Waals surface area contributed by atoms with Gasteiger partial charge in [0.15, 0.2) is 0 Å². The fourth-order valence-corrected chi connectivity index (χ4v) is 3.77. The molecule has 4 rings (SSSR count). The van der Waals surface area contributed by atoms with Gasteiger partial charge in [-0.25, -0.2) is 9.97 Å². The van der Waals surface area contributed by atoms with Crippen LogP contribution in [0.2, 0.25) is 0 Å². The van der Waals surface area contributed by atoms with Gasteiger partial charge in [0.1, 0.15) is 18.5 Å². The minimum Gasteiger partial charge on any atom is -0.352 e. The number of nitrogens with zero attached hydrogens (tertiary/aromatic N) is 8. The second-order valence-corrected chi connectivity index (χ2v) is 6.82. The van der Waals surface area contributed by atoms with Crippen LogP contribution in [0.4, 0.5) is 5.82 Å². The normalized spacial score (nSPS) is 21.3. The molecule has 9 heteroatoms. The third-order valence-corrected chi connectivity index (χ3v) is 5.21. The Hall–Kier alpha value is -2.55. The van der Waals surface area contributed by atoms with Crippen molar-refractivity contribution < 1.29 is 4.79 Å². The lowest BCUT2D eigenvalue weighted by molar-refractivity contribution is -0.133. The number of aromatic nitrogens is 5. The number of likely N-dealkylation sites (tertiary alicyclic amines) is 1. The maximum Gasteiger partial charge on any atom is 0.236 e. The molecule has 0 aliphatic carbocycles. The molecule has 2 aromatic rings. The average molecular weight is 356 g/mol. The molecule has 0 saturated carbocycles. The molecule has 0 bridgehead atoms. The second kappa shape index (κ2) is 7.77. The predicted molar refractivity (Wildman–Crippen MR) is 95.4 cm³/mol. The molecule has 2 aromatic heterocycles. The van der Waals surface area contributed by atoms with Gasteiger partial charge in [-0.15, -0.1) is 0 Å². The monoisotopic (exact) mass is 356 g/mol. The van der Waals surface area contributed by atoms with E-state index in [0.29, 0.717) is 12.6 Å². The molecule has 1 unspecified atom stereocenters. The summed E-state index contributed by atoms with van der Waals surface area (Å²) in [4.78, 5) is 31.6. The molecule has 138 valence electrons. The fourth-order valence-electron chi connectivity index (χ4n) is 3.77. The van der Waals surface area contributed by atoms with E-state index in [2.05, 4.69) is 29.9 Å². The zero-order chi connectivity index (χ0) is 17.8. The summed E-state index contributed by atoms with van der Waals surface area (Å²) in [6.45, 7) is 5.33. The van der Waals surface area contributed by atoms with Gasteiger partial charge in [-0.3, -0.25) is 19.4 Å². The number of piperazine rings is 1. The first kappa shape index (κ1) is 16.9. The number of carbonyl (C=O) groups excluding carboxylic acids is 1. The summed E-state index contributed by atoms with van der Waals surface area (Å²) in [6, 6.07) is 0.363. The lowest BCUT2D eigenvalue weighted by Gasteiger charge is -2.36. The van der Waals surface area contributed by atoms with E-state index < -0.39 is 0 Å². The quantitative estimate of drug-likeness (QED) is 0.739. The summed E-state index contributed by atoms with van der Waals surface area (Å²) in [6.07, 6.45) is 10.7. The van der Waals surface area contributed by atoms with Crippen molar-refractivity contribution in [3.8, 4) is 0 Å². The average Bonchev–Trinajstić information content (AvgIpc) is 3.35. The first-order chi connectivity index (χ1) is 12.8. The zero-order valence-corrected chi connectivity index (χ0v) is 14.8. The summed E-state index contributed by atoms with van der Waals surface area (Å²) in [5.41, 5.74) is 0. The number of anilines is 1. The molecular weight excluding hydrogens is 332 g/mol. The smallest absolute Gasteiger partial charge is 0.236 e. The Balaban J connectivity index is 1.28. The van der Waals surface area contributed by atoms with Crippen LogP contribution in [0.15, 0.2) is 31.2 Å². The Labute approximate surface area is 152 Å². The van der Waals surface area contributed by atoms with Crippen LogP contribution in [0, 0.1) is 0 Å². The number of amides is 1. The van der Waals surface area contributed by atoms with Crippen LogP contribution in [0.1, 0.15) is 12.8 Å². The zero-order valence-electron chi connectivity index (χ0n) is 14.8. The van der Waals surface area contributed by atoms with Crippen molar-refractivity contribution in [2.24, 2.45) is 0 Å². The fraction of sp³-hybridized carbons (Fsp3) is 0.588. The lowest BCUT2D eigenvalue weighted by atomic mass is 10.2. The number of rotatable bonds is 5. The maximum atomic E-state index is 12.7. The van der Waals surface area contributed by atoms with Crippen molar-refractivity contribution in [2.75, 3.05) is 44.2 Å². The topological polar surface area (TPSA) is 83.3 Å². The molecule has 0 aromatic carbocycles. The Morgan fingerprint density at radius 1 is 1.12 bits per heavy atom. The highest BCUT2D eigenvalue weighted by Crippen LogP contribution is 2.19. The molecule has 0 radical (unpaired) electrons. The van der Waals surface area contributed by atoms with Gasteiger partial charge in [-0.05, 0) is 19.4 Å². The third-order valence-electron chi connectivity index (χ3n) is 5.21. The third kappa shape index (κ3) is 3.82. The van der Waals surface area contributed by atoms with Crippen LogP contribution in [0.3, 0.4) is 0 Å².